The lowest BCUT2D eigenvalue weighted by molar-refractivity contribution is -0.121. The molecule has 29 heavy (non-hydrogen) atoms. The van der Waals surface area contributed by atoms with Crippen molar-refractivity contribution in [3.8, 4) is 11.6 Å². The molecule has 4 aromatic rings. The number of imidazole rings is 1. The van der Waals surface area contributed by atoms with E-state index in [4.69, 9.17) is 4.74 Å². The summed E-state index contributed by atoms with van der Waals surface area (Å²) < 4.78 is 19.0. The molecule has 0 atom stereocenters. The van der Waals surface area contributed by atoms with Gasteiger partial charge in [-0.1, -0.05) is 24.3 Å². The number of fused-ring (bicyclic) bond motifs is 1. The third-order valence-corrected chi connectivity index (χ3v) is 4.36. The molecule has 4 rings (SSSR count). The van der Waals surface area contributed by atoms with Crippen LogP contribution in [0.15, 0.2) is 66.9 Å². The lowest BCUT2D eigenvalue weighted by Crippen LogP contribution is -2.23. The summed E-state index contributed by atoms with van der Waals surface area (Å²) in [4.78, 5) is 24.1. The maximum absolute atomic E-state index is 13.4. The lowest BCUT2D eigenvalue weighted by atomic mass is 10.2. The van der Waals surface area contributed by atoms with E-state index < -0.39 is 0 Å². The molecular formula is C22H19FN4O2. The lowest BCUT2D eigenvalue weighted by Gasteiger charge is -2.11. The zero-order valence-corrected chi connectivity index (χ0v) is 15.6. The summed E-state index contributed by atoms with van der Waals surface area (Å²) >= 11 is 0. The monoisotopic (exact) mass is 390 g/mol. The highest BCUT2D eigenvalue weighted by molar-refractivity contribution is 5.77. The minimum atomic E-state index is -0.390. The Morgan fingerprint density at radius 2 is 2.00 bits per heavy atom. The molecule has 0 unspecified atom stereocenters. The Labute approximate surface area is 166 Å². The van der Waals surface area contributed by atoms with Crippen LogP contribution < -0.4 is 10.1 Å². The molecule has 2 N–H and O–H groups in total. The van der Waals surface area contributed by atoms with E-state index >= 15 is 0 Å². The van der Waals surface area contributed by atoms with E-state index in [0.717, 1.165) is 16.9 Å². The molecule has 0 radical (unpaired) electrons. The number of benzene rings is 2. The smallest absolute Gasteiger partial charge is 0.224 e. The highest BCUT2D eigenvalue weighted by Crippen LogP contribution is 2.23. The van der Waals surface area contributed by atoms with Crippen LogP contribution in [0.25, 0.3) is 11.0 Å². The zero-order valence-electron chi connectivity index (χ0n) is 15.6. The number of nitrogens with zero attached hydrogens (tertiary/aromatic N) is 2. The fourth-order valence-corrected chi connectivity index (χ4v) is 2.93. The predicted molar refractivity (Wildman–Crippen MR) is 107 cm³/mol. The number of H-pyrrole nitrogens is 1. The standard InChI is InChI=1S/C22H19FN4O2/c23-16-6-3-7-17(13-16)29-22-15(5-4-12-24-22)14-25-21(28)11-10-20-26-18-8-1-2-9-19(18)27-20/h1-9,12-13H,10-11,14H2,(H,25,28)(H,26,27). The molecule has 0 fully saturated rings. The summed E-state index contributed by atoms with van der Waals surface area (Å²) in [5.41, 5.74) is 2.55. The van der Waals surface area contributed by atoms with Gasteiger partial charge in [0.05, 0.1) is 11.0 Å². The van der Waals surface area contributed by atoms with Gasteiger partial charge in [0, 0.05) is 37.2 Å². The number of para-hydroxylation sites is 2. The van der Waals surface area contributed by atoms with Gasteiger partial charge in [-0.05, 0) is 30.3 Å². The second kappa shape index (κ2) is 8.52. The van der Waals surface area contributed by atoms with E-state index in [1.165, 1.54) is 12.1 Å². The number of amides is 1. The number of rotatable bonds is 7. The summed E-state index contributed by atoms with van der Waals surface area (Å²) in [6, 6.07) is 17.1. The first-order valence-corrected chi connectivity index (χ1v) is 9.25. The number of carbonyl (C=O) groups excluding carboxylic acids is 1. The van der Waals surface area contributed by atoms with E-state index in [-0.39, 0.29) is 18.3 Å². The molecular weight excluding hydrogens is 371 g/mol. The number of nitrogens with one attached hydrogen (secondary N) is 2. The number of aryl methyl sites for hydroxylation is 1. The molecule has 2 aromatic carbocycles. The quantitative estimate of drug-likeness (QED) is 0.497. The molecule has 2 heterocycles. The molecule has 146 valence electrons. The molecule has 7 heteroatoms. The Balaban J connectivity index is 1.34. The molecule has 0 saturated heterocycles. The van der Waals surface area contributed by atoms with Crippen LogP contribution in [0.3, 0.4) is 0 Å². The number of halogens is 1. The first-order chi connectivity index (χ1) is 14.2. The largest absolute Gasteiger partial charge is 0.439 e. The number of pyridine rings is 1. The van der Waals surface area contributed by atoms with E-state index in [0.29, 0.717) is 30.0 Å². The van der Waals surface area contributed by atoms with Crippen LogP contribution in [0.2, 0.25) is 0 Å². The van der Waals surface area contributed by atoms with Crippen molar-refractivity contribution in [3.05, 3.63) is 84.1 Å². The third kappa shape index (κ3) is 4.76. The van der Waals surface area contributed by atoms with Gasteiger partial charge in [0.25, 0.3) is 0 Å². The van der Waals surface area contributed by atoms with Crippen LogP contribution >= 0.6 is 0 Å². The van der Waals surface area contributed by atoms with Crippen molar-refractivity contribution in [2.24, 2.45) is 0 Å². The van der Waals surface area contributed by atoms with Gasteiger partial charge >= 0.3 is 0 Å². The molecule has 1 amide bonds. The highest BCUT2D eigenvalue weighted by Gasteiger charge is 2.10. The zero-order chi connectivity index (χ0) is 20.1. The number of hydrogen-bond donors (Lipinski definition) is 2. The average molecular weight is 390 g/mol. The average Bonchev–Trinajstić information content (AvgIpc) is 3.15. The van der Waals surface area contributed by atoms with Gasteiger partial charge in [0.1, 0.15) is 17.4 Å². The Morgan fingerprint density at radius 1 is 1.10 bits per heavy atom. The first kappa shape index (κ1) is 18.6. The second-order valence-corrected chi connectivity index (χ2v) is 6.50. The Kier molecular flexibility index (Phi) is 5.47. The van der Waals surface area contributed by atoms with Gasteiger partial charge in [-0.15, -0.1) is 0 Å². The van der Waals surface area contributed by atoms with Crippen LogP contribution in [-0.2, 0) is 17.8 Å². The van der Waals surface area contributed by atoms with Crippen molar-refractivity contribution in [1.29, 1.82) is 0 Å². The molecule has 0 aliphatic rings. The second-order valence-electron chi connectivity index (χ2n) is 6.50. The molecule has 0 aliphatic heterocycles. The minimum Gasteiger partial charge on any atom is -0.439 e. The van der Waals surface area contributed by atoms with Crippen molar-refractivity contribution in [2.45, 2.75) is 19.4 Å². The van der Waals surface area contributed by atoms with Crippen LogP contribution in [0.1, 0.15) is 17.8 Å². The van der Waals surface area contributed by atoms with Crippen LogP contribution in [0, 0.1) is 5.82 Å². The number of carbonyl (C=O) groups is 1. The SMILES string of the molecule is O=C(CCc1nc2ccccc2[nH]1)NCc1cccnc1Oc1cccc(F)c1. The maximum Gasteiger partial charge on any atom is 0.224 e. The minimum absolute atomic E-state index is 0.106. The number of aromatic nitrogens is 3. The van der Waals surface area contributed by atoms with Crippen molar-refractivity contribution in [3.63, 3.8) is 0 Å². The highest BCUT2D eigenvalue weighted by atomic mass is 19.1. The van der Waals surface area contributed by atoms with Crippen LogP contribution in [-0.4, -0.2) is 20.9 Å². The molecule has 2 aromatic heterocycles. The Hall–Kier alpha value is -3.74. The molecule has 6 nitrogen and oxygen atoms in total. The van der Waals surface area contributed by atoms with Crippen molar-refractivity contribution < 1.29 is 13.9 Å². The number of aromatic amines is 1. The Morgan fingerprint density at radius 3 is 2.86 bits per heavy atom. The Bertz CT molecular complexity index is 1110. The molecule has 0 bridgehead atoms. The van der Waals surface area contributed by atoms with E-state index in [2.05, 4.69) is 20.3 Å². The van der Waals surface area contributed by atoms with Crippen LogP contribution in [0.4, 0.5) is 4.39 Å². The maximum atomic E-state index is 13.4. The van der Waals surface area contributed by atoms with Gasteiger partial charge in [0.2, 0.25) is 11.8 Å². The van der Waals surface area contributed by atoms with Gasteiger partial charge in [0.15, 0.2) is 0 Å². The molecule has 0 spiro atoms. The van der Waals surface area contributed by atoms with Crippen molar-refractivity contribution >= 4 is 16.9 Å². The van der Waals surface area contributed by atoms with Crippen molar-refractivity contribution in [1.82, 2.24) is 20.3 Å². The van der Waals surface area contributed by atoms with Gasteiger partial charge in [-0.25, -0.2) is 14.4 Å². The van der Waals surface area contributed by atoms with E-state index in [1.54, 1.807) is 30.5 Å². The van der Waals surface area contributed by atoms with Crippen LogP contribution in [0.5, 0.6) is 11.6 Å². The first-order valence-electron chi connectivity index (χ1n) is 9.25. The molecule has 0 aliphatic carbocycles. The van der Waals surface area contributed by atoms with E-state index in [9.17, 15) is 9.18 Å². The summed E-state index contributed by atoms with van der Waals surface area (Å²) in [7, 11) is 0. The third-order valence-electron chi connectivity index (χ3n) is 4.36. The number of ether oxygens (including phenoxy) is 1. The van der Waals surface area contributed by atoms with Crippen molar-refractivity contribution in [2.75, 3.05) is 0 Å². The molecule has 0 saturated carbocycles. The number of hydrogen-bond acceptors (Lipinski definition) is 4. The van der Waals surface area contributed by atoms with E-state index in [1.807, 2.05) is 24.3 Å². The fraction of sp³-hybridized carbons (Fsp3) is 0.136. The normalized spacial score (nSPS) is 10.8. The topological polar surface area (TPSA) is 79.9 Å². The summed E-state index contributed by atoms with van der Waals surface area (Å²) in [6.45, 7) is 0.261. The van der Waals surface area contributed by atoms with Gasteiger partial charge in [-0.3, -0.25) is 4.79 Å². The summed E-state index contributed by atoms with van der Waals surface area (Å²) in [5, 5.41) is 2.87. The van der Waals surface area contributed by atoms with Gasteiger partial charge in [-0.2, -0.15) is 0 Å². The van der Waals surface area contributed by atoms with Gasteiger partial charge < -0.3 is 15.0 Å². The fourth-order valence-electron chi connectivity index (χ4n) is 2.93. The predicted octanol–water partition coefficient (Wildman–Crippen LogP) is 4.14. The summed E-state index contributed by atoms with van der Waals surface area (Å²) in [5.74, 6) is 0.958. The summed E-state index contributed by atoms with van der Waals surface area (Å²) in [6.07, 6.45) is 2.40.